The van der Waals surface area contributed by atoms with Crippen LogP contribution in [0.4, 0.5) is 0 Å². The number of methoxy groups -OCH3 is 1. The summed E-state index contributed by atoms with van der Waals surface area (Å²) in [5.41, 5.74) is 0.553. The summed E-state index contributed by atoms with van der Waals surface area (Å²) in [5, 5.41) is 9.17. The lowest BCUT2D eigenvalue weighted by Crippen LogP contribution is -2.29. The maximum Gasteiger partial charge on any atom is 0.246 e. The molecule has 1 N–H and O–H groups in total. The minimum absolute atomic E-state index is 0.113. The van der Waals surface area contributed by atoms with Crippen LogP contribution in [0.1, 0.15) is 18.9 Å². The molecule has 0 aliphatic heterocycles. The van der Waals surface area contributed by atoms with E-state index in [0.717, 1.165) is 6.42 Å². The summed E-state index contributed by atoms with van der Waals surface area (Å²) >= 11 is 0. The number of aliphatic hydroxyl groups excluding tert-OH is 1. The highest BCUT2D eigenvalue weighted by Gasteiger charge is 2.36. The van der Waals surface area contributed by atoms with Crippen molar-refractivity contribution in [2.75, 3.05) is 20.7 Å². The quantitative estimate of drug-likeness (QED) is 0.863. The van der Waals surface area contributed by atoms with E-state index in [1.54, 1.807) is 19.2 Å². The van der Waals surface area contributed by atoms with E-state index in [4.69, 9.17) is 4.74 Å². The van der Waals surface area contributed by atoms with Crippen molar-refractivity contribution in [3.63, 3.8) is 0 Å². The van der Waals surface area contributed by atoms with Crippen LogP contribution >= 0.6 is 0 Å². The number of hydrogen-bond acceptors (Lipinski definition) is 4. The molecule has 1 aliphatic carbocycles. The van der Waals surface area contributed by atoms with Crippen LogP contribution in [-0.4, -0.2) is 38.5 Å². The van der Waals surface area contributed by atoms with Crippen molar-refractivity contribution in [3.05, 3.63) is 23.8 Å². The predicted molar refractivity (Wildman–Crippen MR) is 76.0 cm³/mol. The molecule has 6 heteroatoms. The Labute approximate surface area is 120 Å². The van der Waals surface area contributed by atoms with Gasteiger partial charge >= 0.3 is 0 Å². The van der Waals surface area contributed by atoms with E-state index in [1.165, 1.54) is 17.5 Å². The van der Waals surface area contributed by atoms with Gasteiger partial charge in [0.15, 0.2) is 0 Å². The van der Waals surface area contributed by atoms with Gasteiger partial charge in [0.1, 0.15) is 10.6 Å². The molecule has 0 radical (unpaired) electrons. The minimum atomic E-state index is -3.60. The van der Waals surface area contributed by atoms with Crippen LogP contribution in [0.5, 0.6) is 5.75 Å². The second-order valence-electron chi connectivity index (χ2n) is 5.40. The molecule has 2 rings (SSSR count). The number of aliphatic hydroxyl groups is 1. The molecule has 20 heavy (non-hydrogen) atoms. The highest BCUT2D eigenvalue weighted by molar-refractivity contribution is 7.89. The molecule has 0 bridgehead atoms. The van der Waals surface area contributed by atoms with E-state index >= 15 is 0 Å². The molecule has 0 spiro atoms. The smallest absolute Gasteiger partial charge is 0.246 e. The summed E-state index contributed by atoms with van der Waals surface area (Å²) in [4.78, 5) is 0.113. The maximum absolute atomic E-state index is 12.6. The standard InChI is InChI=1S/C14H21NO4S/c1-10-6-12(10)8-15(2)20(17,18)14-7-11(9-16)4-5-13(14)19-3/h4-5,7,10,12,16H,6,8-9H2,1-3H3. The molecular weight excluding hydrogens is 278 g/mol. The molecule has 0 amide bonds. The molecule has 112 valence electrons. The second kappa shape index (κ2) is 5.71. The van der Waals surface area contributed by atoms with Crippen LogP contribution in [0.3, 0.4) is 0 Å². The third-order valence-electron chi connectivity index (χ3n) is 3.87. The van der Waals surface area contributed by atoms with Crippen molar-refractivity contribution < 1.29 is 18.3 Å². The number of nitrogens with zero attached hydrogens (tertiary/aromatic N) is 1. The molecule has 0 heterocycles. The molecular formula is C14H21NO4S. The Kier molecular flexibility index (Phi) is 4.36. The fraction of sp³-hybridized carbons (Fsp3) is 0.571. The molecule has 2 unspecified atom stereocenters. The van der Waals surface area contributed by atoms with Gasteiger partial charge in [-0.3, -0.25) is 0 Å². The van der Waals surface area contributed by atoms with Crippen LogP contribution < -0.4 is 4.74 Å². The van der Waals surface area contributed by atoms with E-state index in [1.807, 2.05) is 0 Å². The summed E-state index contributed by atoms with van der Waals surface area (Å²) < 4.78 is 31.7. The Balaban J connectivity index is 2.31. The molecule has 1 aliphatic rings. The molecule has 1 saturated carbocycles. The molecule has 0 saturated heterocycles. The SMILES string of the molecule is COc1ccc(CO)cc1S(=O)(=O)N(C)CC1CC1C. The third-order valence-corrected chi connectivity index (χ3v) is 5.71. The van der Waals surface area contributed by atoms with Gasteiger partial charge in [0.05, 0.1) is 13.7 Å². The van der Waals surface area contributed by atoms with E-state index < -0.39 is 10.0 Å². The van der Waals surface area contributed by atoms with Gasteiger partial charge in [-0.05, 0) is 36.0 Å². The first-order chi connectivity index (χ1) is 9.40. The number of hydrogen-bond donors (Lipinski definition) is 1. The molecule has 0 aromatic heterocycles. The number of sulfonamides is 1. The van der Waals surface area contributed by atoms with Gasteiger partial charge in [0, 0.05) is 13.6 Å². The maximum atomic E-state index is 12.6. The lowest BCUT2D eigenvalue weighted by molar-refractivity contribution is 0.281. The van der Waals surface area contributed by atoms with E-state index in [-0.39, 0.29) is 11.5 Å². The van der Waals surface area contributed by atoms with Crippen molar-refractivity contribution in [3.8, 4) is 5.75 Å². The zero-order chi connectivity index (χ0) is 14.9. The lowest BCUT2D eigenvalue weighted by atomic mass is 10.2. The van der Waals surface area contributed by atoms with Gasteiger partial charge < -0.3 is 9.84 Å². The van der Waals surface area contributed by atoms with Gasteiger partial charge in [-0.1, -0.05) is 13.0 Å². The van der Waals surface area contributed by atoms with E-state index in [0.29, 0.717) is 29.7 Å². The van der Waals surface area contributed by atoms with Gasteiger partial charge in [0.2, 0.25) is 10.0 Å². The van der Waals surface area contributed by atoms with Gasteiger partial charge in [-0.25, -0.2) is 12.7 Å². The average Bonchev–Trinajstić information content (AvgIpc) is 3.13. The summed E-state index contributed by atoms with van der Waals surface area (Å²) in [6.45, 7) is 2.45. The summed E-state index contributed by atoms with van der Waals surface area (Å²) in [7, 11) is -0.566. The van der Waals surface area contributed by atoms with Crippen LogP contribution in [0, 0.1) is 11.8 Å². The first-order valence-electron chi connectivity index (χ1n) is 6.64. The summed E-state index contributed by atoms with van der Waals surface area (Å²) in [5.74, 6) is 1.35. The summed E-state index contributed by atoms with van der Waals surface area (Å²) in [6.07, 6.45) is 1.08. The Morgan fingerprint density at radius 3 is 2.60 bits per heavy atom. The van der Waals surface area contributed by atoms with Gasteiger partial charge in [-0.2, -0.15) is 0 Å². The monoisotopic (exact) mass is 299 g/mol. The molecule has 5 nitrogen and oxygen atoms in total. The average molecular weight is 299 g/mol. The molecule has 1 aromatic rings. The zero-order valence-electron chi connectivity index (χ0n) is 12.0. The molecule has 1 fully saturated rings. The summed E-state index contributed by atoms with van der Waals surface area (Å²) in [6, 6.07) is 4.70. The van der Waals surface area contributed by atoms with Crippen LogP contribution in [0.15, 0.2) is 23.1 Å². The zero-order valence-corrected chi connectivity index (χ0v) is 12.9. The Morgan fingerprint density at radius 2 is 2.10 bits per heavy atom. The Hall–Kier alpha value is -1.11. The molecule has 2 atom stereocenters. The lowest BCUT2D eigenvalue weighted by Gasteiger charge is -2.19. The predicted octanol–water partition coefficient (Wildman–Crippen LogP) is 1.46. The van der Waals surface area contributed by atoms with E-state index in [9.17, 15) is 13.5 Å². The number of ether oxygens (including phenoxy) is 1. The van der Waals surface area contributed by atoms with Crippen molar-refractivity contribution in [2.24, 2.45) is 11.8 Å². The topological polar surface area (TPSA) is 66.8 Å². The normalized spacial score (nSPS) is 22.1. The minimum Gasteiger partial charge on any atom is -0.495 e. The first kappa shape index (κ1) is 15.3. The van der Waals surface area contributed by atoms with Gasteiger partial charge in [0.25, 0.3) is 0 Å². The largest absolute Gasteiger partial charge is 0.495 e. The number of benzene rings is 1. The van der Waals surface area contributed by atoms with Crippen molar-refractivity contribution in [2.45, 2.75) is 24.8 Å². The fourth-order valence-corrected chi connectivity index (χ4v) is 3.70. The van der Waals surface area contributed by atoms with Crippen LogP contribution in [0.2, 0.25) is 0 Å². The highest BCUT2D eigenvalue weighted by Crippen LogP contribution is 2.39. The van der Waals surface area contributed by atoms with E-state index in [2.05, 4.69) is 6.92 Å². The number of rotatable bonds is 6. The Bertz CT molecular complexity index is 585. The van der Waals surface area contributed by atoms with Crippen LogP contribution in [-0.2, 0) is 16.6 Å². The third kappa shape index (κ3) is 2.97. The molecule has 1 aromatic carbocycles. The van der Waals surface area contributed by atoms with Crippen molar-refractivity contribution in [1.82, 2.24) is 4.31 Å². The fourth-order valence-electron chi connectivity index (χ4n) is 2.27. The van der Waals surface area contributed by atoms with Crippen molar-refractivity contribution in [1.29, 1.82) is 0 Å². The van der Waals surface area contributed by atoms with Crippen molar-refractivity contribution >= 4 is 10.0 Å². The van der Waals surface area contributed by atoms with Gasteiger partial charge in [-0.15, -0.1) is 0 Å². The van der Waals surface area contributed by atoms with Crippen LogP contribution in [0.25, 0.3) is 0 Å². The highest BCUT2D eigenvalue weighted by atomic mass is 32.2. The second-order valence-corrected chi connectivity index (χ2v) is 7.42. The Morgan fingerprint density at radius 1 is 1.45 bits per heavy atom. The first-order valence-corrected chi connectivity index (χ1v) is 8.08.